The second-order valence-electron chi connectivity index (χ2n) is 3.80. The van der Waals surface area contributed by atoms with E-state index in [1.807, 2.05) is 0 Å². The number of rotatable bonds is 4. The average molecular weight is 312 g/mol. The minimum atomic E-state index is -0.584. The summed E-state index contributed by atoms with van der Waals surface area (Å²) in [5, 5.41) is 3.44. The number of benzene rings is 1. The summed E-state index contributed by atoms with van der Waals surface area (Å²) in [7, 11) is 0. The van der Waals surface area contributed by atoms with Crippen molar-refractivity contribution in [2.24, 2.45) is 0 Å². The lowest BCUT2D eigenvalue weighted by Gasteiger charge is -2.06. The van der Waals surface area contributed by atoms with Crippen LogP contribution in [0.1, 0.15) is 11.3 Å². The molecule has 0 saturated carbocycles. The zero-order valence-corrected chi connectivity index (χ0v) is 11.8. The van der Waals surface area contributed by atoms with Crippen LogP contribution in [0.3, 0.4) is 0 Å². The van der Waals surface area contributed by atoms with Crippen molar-refractivity contribution >= 4 is 35.4 Å². The second kappa shape index (κ2) is 7.03. The van der Waals surface area contributed by atoms with Gasteiger partial charge in [-0.3, -0.25) is 5.32 Å². The van der Waals surface area contributed by atoms with Crippen molar-refractivity contribution in [1.29, 1.82) is 0 Å². The van der Waals surface area contributed by atoms with Crippen LogP contribution < -0.4 is 5.32 Å². The van der Waals surface area contributed by atoms with Gasteiger partial charge in [-0.15, -0.1) is 0 Å². The lowest BCUT2D eigenvalue weighted by atomic mass is 10.2. The molecule has 0 saturated heterocycles. The van der Waals surface area contributed by atoms with E-state index in [1.165, 1.54) is 6.20 Å². The third kappa shape index (κ3) is 4.33. The third-order valence-electron chi connectivity index (χ3n) is 2.37. The molecule has 1 N–H and O–H groups in total. The van der Waals surface area contributed by atoms with Gasteiger partial charge in [-0.25, -0.2) is 4.79 Å². The minimum absolute atomic E-state index is 0.0659. The highest BCUT2D eigenvalue weighted by atomic mass is 35.5. The fourth-order valence-corrected chi connectivity index (χ4v) is 1.86. The Labute approximate surface area is 125 Å². The van der Waals surface area contributed by atoms with Crippen molar-refractivity contribution in [1.82, 2.24) is 5.32 Å². The molecule has 20 heavy (non-hydrogen) atoms. The number of amides is 1. The molecule has 0 radical (unpaired) electrons. The number of furan rings is 1. The van der Waals surface area contributed by atoms with Gasteiger partial charge in [-0.1, -0.05) is 29.3 Å². The predicted octanol–water partition coefficient (Wildman–Crippen LogP) is 4.48. The van der Waals surface area contributed by atoms with Crippen molar-refractivity contribution in [3.63, 3.8) is 0 Å². The van der Waals surface area contributed by atoms with Gasteiger partial charge < -0.3 is 9.15 Å². The molecule has 0 atom stereocenters. The minimum Gasteiger partial charge on any atom is -0.465 e. The SMILES string of the molecule is O=C(NC=Cc1ccco1)OCc1ccc(Cl)cc1Cl. The molecule has 1 heterocycles. The van der Waals surface area contributed by atoms with Crippen LogP contribution in [0, 0.1) is 0 Å². The number of ether oxygens (including phenoxy) is 1. The van der Waals surface area contributed by atoms with Crippen LogP contribution in [0.5, 0.6) is 0 Å². The molecule has 0 bridgehead atoms. The summed E-state index contributed by atoms with van der Waals surface area (Å²) >= 11 is 11.7. The molecule has 1 aromatic heterocycles. The molecule has 2 aromatic rings. The molecule has 2 rings (SSSR count). The molecular formula is C14H11Cl2NO3. The number of halogens is 2. The van der Waals surface area contributed by atoms with Crippen LogP contribution in [0.25, 0.3) is 6.08 Å². The Bertz CT molecular complexity index is 609. The Balaban J connectivity index is 1.80. The lowest BCUT2D eigenvalue weighted by molar-refractivity contribution is 0.143. The Hall–Kier alpha value is -1.91. The number of hydrogen-bond donors (Lipinski definition) is 1. The second-order valence-corrected chi connectivity index (χ2v) is 4.65. The molecule has 0 spiro atoms. The Morgan fingerprint density at radius 2 is 2.20 bits per heavy atom. The molecule has 0 unspecified atom stereocenters. The fraction of sp³-hybridized carbons (Fsp3) is 0.0714. The number of hydrogen-bond acceptors (Lipinski definition) is 3. The van der Waals surface area contributed by atoms with Crippen LogP contribution in [0.2, 0.25) is 10.0 Å². The molecule has 6 heteroatoms. The number of nitrogens with one attached hydrogen (secondary N) is 1. The molecule has 0 aliphatic carbocycles. The van der Waals surface area contributed by atoms with Crippen LogP contribution >= 0.6 is 23.2 Å². The van der Waals surface area contributed by atoms with E-state index in [0.717, 1.165) is 0 Å². The van der Waals surface area contributed by atoms with E-state index >= 15 is 0 Å². The van der Waals surface area contributed by atoms with Crippen LogP contribution in [-0.4, -0.2) is 6.09 Å². The summed E-state index contributed by atoms with van der Waals surface area (Å²) < 4.78 is 10.1. The maximum absolute atomic E-state index is 11.4. The first-order valence-corrected chi connectivity index (χ1v) is 6.48. The van der Waals surface area contributed by atoms with Gasteiger partial charge >= 0.3 is 6.09 Å². The standard InChI is InChI=1S/C14H11Cl2NO3/c15-11-4-3-10(13(16)8-11)9-20-14(18)17-6-5-12-2-1-7-19-12/h1-8H,9H2,(H,17,18). The third-order valence-corrected chi connectivity index (χ3v) is 2.95. The van der Waals surface area contributed by atoms with Crippen LogP contribution in [0.4, 0.5) is 4.79 Å². The van der Waals surface area contributed by atoms with Gasteiger partial charge in [0.2, 0.25) is 0 Å². The highest BCUT2D eigenvalue weighted by Crippen LogP contribution is 2.21. The summed E-state index contributed by atoms with van der Waals surface area (Å²) in [6.07, 6.45) is 4.00. The van der Waals surface area contributed by atoms with Crippen LogP contribution in [0.15, 0.2) is 47.2 Å². The van der Waals surface area contributed by atoms with Crippen molar-refractivity contribution in [2.75, 3.05) is 0 Å². The van der Waals surface area contributed by atoms with Crippen molar-refractivity contribution < 1.29 is 13.9 Å². The highest BCUT2D eigenvalue weighted by Gasteiger charge is 2.04. The van der Waals surface area contributed by atoms with Crippen molar-refractivity contribution in [3.05, 3.63) is 64.2 Å². The average Bonchev–Trinajstić information content (AvgIpc) is 2.91. The van der Waals surface area contributed by atoms with E-state index < -0.39 is 6.09 Å². The zero-order chi connectivity index (χ0) is 14.4. The highest BCUT2D eigenvalue weighted by molar-refractivity contribution is 6.35. The summed E-state index contributed by atoms with van der Waals surface area (Å²) in [5.41, 5.74) is 0.682. The first kappa shape index (κ1) is 14.5. The smallest absolute Gasteiger partial charge is 0.411 e. The topological polar surface area (TPSA) is 51.5 Å². The van der Waals surface area contributed by atoms with Gasteiger partial charge in [0, 0.05) is 21.8 Å². The van der Waals surface area contributed by atoms with Crippen molar-refractivity contribution in [3.8, 4) is 0 Å². The summed E-state index contributed by atoms with van der Waals surface area (Å²) in [6, 6.07) is 8.49. The molecule has 0 aliphatic heterocycles. The number of carbonyl (C=O) groups excluding carboxylic acids is 1. The van der Waals surface area contributed by atoms with Gasteiger partial charge in [0.25, 0.3) is 0 Å². The van der Waals surface area contributed by atoms with E-state index in [-0.39, 0.29) is 6.61 Å². The normalized spacial score (nSPS) is 10.7. The molecule has 1 amide bonds. The van der Waals surface area contributed by atoms with Gasteiger partial charge in [0.1, 0.15) is 12.4 Å². The van der Waals surface area contributed by atoms with E-state index in [1.54, 1.807) is 42.7 Å². The quantitative estimate of drug-likeness (QED) is 0.905. The van der Waals surface area contributed by atoms with Gasteiger partial charge in [-0.05, 0) is 30.3 Å². The van der Waals surface area contributed by atoms with E-state index in [2.05, 4.69) is 5.32 Å². The summed E-state index contributed by atoms with van der Waals surface area (Å²) in [4.78, 5) is 11.4. The van der Waals surface area contributed by atoms with E-state index in [0.29, 0.717) is 21.4 Å². The summed E-state index contributed by atoms with van der Waals surface area (Å²) in [6.45, 7) is 0.0659. The molecule has 1 aromatic carbocycles. The van der Waals surface area contributed by atoms with Crippen LogP contribution in [-0.2, 0) is 11.3 Å². The monoisotopic (exact) mass is 311 g/mol. The first-order valence-electron chi connectivity index (χ1n) is 5.72. The molecule has 4 nitrogen and oxygen atoms in total. The first-order chi connectivity index (χ1) is 9.65. The van der Waals surface area contributed by atoms with Gasteiger partial charge in [0.05, 0.1) is 6.26 Å². The van der Waals surface area contributed by atoms with Gasteiger partial charge in [0.15, 0.2) is 0 Å². The Morgan fingerprint density at radius 3 is 2.90 bits per heavy atom. The van der Waals surface area contributed by atoms with E-state index in [4.69, 9.17) is 32.4 Å². The molecule has 0 aliphatic rings. The Morgan fingerprint density at radius 1 is 1.35 bits per heavy atom. The van der Waals surface area contributed by atoms with Gasteiger partial charge in [-0.2, -0.15) is 0 Å². The van der Waals surface area contributed by atoms with Crippen molar-refractivity contribution in [2.45, 2.75) is 6.61 Å². The zero-order valence-electron chi connectivity index (χ0n) is 10.3. The number of carbonyl (C=O) groups is 1. The largest absolute Gasteiger partial charge is 0.465 e. The lowest BCUT2D eigenvalue weighted by Crippen LogP contribution is -2.18. The molecule has 0 fully saturated rings. The number of alkyl carbamates (subject to hydrolysis) is 1. The fourth-order valence-electron chi connectivity index (χ4n) is 1.40. The molecular weight excluding hydrogens is 301 g/mol. The molecule has 104 valence electrons. The maximum Gasteiger partial charge on any atom is 0.411 e. The van der Waals surface area contributed by atoms with E-state index in [9.17, 15) is 4.79 Å². The predicted molar refractivity (Wildman–Crippen MR) is 77.5 cm³/mol. The summed E-state index contributed by atoms with van der Waals surface area (Å²) in [5.74, 6) is 0.631. The Kier molecular flexibility index (Phi) is 5.09. The maximum atomic E-state index is 11.4.